The van der Waals surface area contributed by atoms with Gasteiger partial charge in [-0.1, -0.05) is 30.0 Å². The smallest absolute Gasteiger partial charge is 0.276 e. The molecule has 0 radical (unpaired) electrons. The molecule has 10 heteroatoms. The van der Waals surface area contributed by atoms with Crippen LogP contribution in [0.4, 0.5) is 0 Å². The molecule has 0 unspecified atom stereocenters. The van der Waals surface area contributed by atoms with E-state index < -0.39 is 0 Å². The van der Waals surface area contributed by atoms with Gasteiger partial charge in [0.15, 0.2) is 16.7 Å². The Labute approximate surface area is 197 Å². The van der Waals surface area contributed by atoms with Crippen molar-refractivity contribution in [3.05, 3.63) is 69.8 Å². The summed E-state index contributed by atoms with van der Waals surface area (Å²) in [6.07, 6.45) is 0. The molecule has 1 aliphatic rings. The first-order valence-electron chi connectivity index (χ1n) is 10.1. The second kappa shape index (κ2) is 9.16. The van der Waals surface area contributed by atoms with Crippen molar-refractivity contribution >= 4 is 39.2 Å². The molecular formula is C23H19N3O5S2. The minimum Gasteiger partial charge on any atom is -0.495 e. The third-order valence-corrected chi connectivity index (χ3v) is 6.86. The number of aromatic nitrogens is 2. The molecule has 1 N–H and O–H groups in total. The molecule has 168 valence electrons. The Morgan fingerprint density at radius 1 is 1.21 bits per heavy atom. The summed E-state index contributed by atoms with van der Waals surface area (Å²) in [5.74, 6) is 1.84. The van der Waals surface area contributed by atoms with Gasteiger partial charge < -0.3 is 19.5 Å². The number of carbonyl (C=O) groups excluding carboxylic acids is 1. The maximum absolute atomic E-state index is 13.3. The third-order valence-electron chi connectivity index (χ3n) is 5.03. The largest absolute Gasteiger partial charge is 0.495 e. The Kier molecular flexibility index (Phi) is 5.93. The molecule has 1 amide bonds. The second-order valence-corrected chi connectivity index (χ2v) is 8.95. The molecule has 5 rings (SSSR count). The molecule has 0 spiro atoms. The molecule has 0 aliphatic carbocycles. The quantitative estimate of drug-likeness (QED) is 0.319. The Morgan fingerprint density at radius 3 is 2.94 bits per heavy atom. The highest BCUT2D eigenvalue weighted by atomic mass is 32.2. The van der Waals surface area contributed by atoms with Gasteiger partial charge in [0.1, 0.15) is 10.4 Å². The van der Waals surface area contributed by atoms with Crippen LogP contribution in [0.1, 0.15) is 5.56 Å². The van der Waals surface area contributed by atoms with Crippen LogP contribution in [0.2, 0.25) is 0 Å². The first-order chi connectivity index (χ1) is 16.1. The van der Waals surface area contributed by atoms with Crippen LogP contribution in [0, 0.1) is 0 Å². The van der Waals surface area contributed by atoms with Crippen LogP contribution < -0.4 is 25.1 Å². The summed E-state index contributed by atoms with van der Waals surface area (Å²) in [6, 6.07) is 14.6. The van der Waals surface area contributed by atoms with E-state index in [4.69, 9.17) is 14.2 Å². The fourth-order valence-electron chi connectivity index (χ4n) is 3.45. The van der Waals surface area contributed by atoms with Crippen LogP contribution in [0.3, 0.4) is 0 Å². The van der Waals surface area contributed by atoms with Gasteiger partial charge in [0, 0.05) is 6.54 Å². The number of nitrogens with zero attached hydrogens (tertiary/aromatic N) is 2. The van der Waals surface area contributed by atoms with E-state index >= 15 is 0 Å². The number of rotatable bonds is 7. The van der Waals surface area contributed by atoms with Crippen molar-refractivity contribution in [2.24, 2.45) is 0 Å². The highest BCUT2D eigenvalue weighted by molar-refractivity contribution is 7.99. The van der Waals surface area contributed by atoms with Crippen molar-refractivity contribution in [3.8, 4) is 22.9 Å². The van der Waals surface area contributed by atoms with Crippen molar-refractivity contribution in [1.82, 2.24) is 14.9 Å². The number of thioether (sulfide) groups is 1. The van der Waals surface area contributed by atoms with E-state index in [1.54, 1.807) is 25.3 Å². The number of thiophene rings is 1. The van der Waals surface area contributed by atoms with E-state index in [0.717, 1.165) is 5.56 Å². The monoisotopic (exact) mass is 481 g/mol. The first kappa shape index (κ1) is 21.4. The Balaban J connectivity index is 1.36. The van der Waals surface area contributed by atoms with Crippen molar-refractivity contribution in [2.75, 3.05) is 19.7 Å². The van der Waals surface area contributed by atoms with Crippen LogP contribution in [0.5, 0.6) is 17.2 Å². The Hall–Kier alpha value is -3.50. The topological polar surface area (TPSA) is 91.7 Å². The summed E-state index contributed by atoms with van der Waals surface area (Å²) >= 11 is 2.54. The zero-order valence-corrected chi connectivity index (χ0v) is 19.2. The molecule has 0 saturated carbocycles. The van der Waals surface area contributed by atoms with Gasteiger partial charge in [-0.05, 0) is 41.3 Å². The van der Waals surface area contributed by atoms with Gasteiger partial charge in [-0.25, -0.2) is 4.98 Å². The molecule has 33 heavy (non-hydrogen) atoms. The average Bonchev–Trinajstić information content (AvgIpc) is 3.50. The first-order valence-corrected chi connectivity index (χ1v) is 11.9. The molecule has 3 heterocycles. The van der Waals surface area contributed by atoms with Gasteiger partial charge in [-0.15, -0.1) is 11.3 Å². The van der Waals surface area contributed by atoms with Gasteiger partial charge in [-0.2, -0.15) is 0 Å². The number of nitrogens with one attached hydrogen (secondary N) is 1. The maximum Gasteiger partial charge on any atom is 0.276 e. The van der Waals surface area contributed by atoms with Gasteiger partial charge in [0.2, 0.25) is 12.7 Å². The SMILES string of the molecule is COc1ccccc1-n1c(SCC(=O)NCc2ccc3c(c2)OCO3)nc2ccsc2c1=O. The summed E-state index contributed by atoms with van der Waals surface area (Å²) in [4.78, 5) is 30.5. The van der Waals surface area contributed by atoms with Crippen LogP contribution >= 0.6 is 23.1 Å². The Bertz CT molecular complexity index is 1400. The fourth-order valence-corrected chi connectivity index (χ4v) is 5.04. The number of fused-ring (bicyclic) bond motifs is 2. The third kappa shape index (κ3) is 4.27. The molecule has 0 fully saturated rings. The molecule has 0 atom stereocenters. The van der Waals surface area contributed by atoms with E-state index in [1.165, 1.54) is 27.7 Å². The maximum atomic E-state index is 13.3. The van der Waals surface area contributed by atoms with Crippen LogP contribution in [0.15, 0.2) is 63.9 Å². The predicted molar refractivity (Wildman–Crippen MR) is 127 cm³/mol. The number of amides is 1. The molecule has 2 aromatic carbocycles. The van der Waals surface area contributed by atoms with Gasteiger partial charge in [-0.3, -0.25) is 14.2 Å². The van der Waals surface area contributed by atoms with Crippen molar-refractivity contribution < 1.29 is 19.0 Å². The van der Waals surface area contributed by atoms with E-state index in [1.807, 2.05) is 35.7 Å². The number of para-hydroxylation sites is 2. The standard InChI is InChI=1S/C23H19N3O5S2/c1-29-17-5-3-2-4-16(17)26-22(28)21-15(8-9-32-21)25-23(26)33-12-20(27)24-11-14-6-7-18-19(10-14)31-13-30-18/h2-10H,11-13H2,1H3,(H,24,27). The number of benzene rings is 2. The number of hydrogen-bond donors (Lipinski definition) is 1. The summed E-state index contributed by atoms with van der Waals surface area (Å²) < 4.78 is 18.2. The number of ether oxygens (including phenoxy) is 3. The zero-order chi connectivity index (χ0) is 22.8. The van der Waals surface area contributed by atoms with E-state index in [2.05, 4.69) is 10.3 Å². The highest BCUT2D eigenvalue weighted by Crippen LogP contribution is 2.32. The molecule has 0 saturated heterocycles. The van der Waals surface area contributed by atoms with Crippen molar-refractivity contribution in [2.45, 2.75) is 11.7 Å². The molecule has 2 aromatic heterocycles. The van der Waals surface area contributed by atoms with Crippen LogP contribution in [-0.2, 0) is 11.3 Å². The van der Waals surface area contributed by atoms with Crippen molar-refractivity contribution in [1.29, 1.82) is 0 Å². The molecule has 4 aromatic rings. The van der Waals surface area contributed by atoms with E-state index in [9.17, 15) is 9.59 Å². The van der Waals surface area contributed by atoms with E-state index in [0.29, 0.717) is 44.9 Å². The molecule has 1 aliphatic heterocycles. The summed E-state index contributed by atoms with van der Waals surface area (Å²) in [6.45, 7) is 0.559. The molecular weight excluding hydrogens is 462 g/mol. The minimum absolute atomic E-state index is 0.0990. The lowest BCUT2D eigenvalue weighted by Gasteiger charge is -2.14. The average molecular weight is 482 g/mol. The predicted octanol–water partition coefficient (Wildman–Crippen LogP) is 3.59. The summed E-state index contributed by atoms with van der Waals surface area (Å²) in [5, 5.41) is 5.15. The lowest BCUT2D eigenvalue weighted by atomic mass is 10.2. The van der Waals surface area contributed by atoms with Gasteiger partial charge >= 0.3 is 0 Å². The number of methoxy groups -OCH3 is 1. The zero-order valence-electron chi connectivity index (χ0n) is 17.6. The number of carbonyl (C=O) groups is 1. The van der Waals surface area contributed by atoms with Gasteiger partial charge in [0.25, 0.3) is 5.56 Å². The number of hydrogen-bond acceptors (Lipinski definition) is 8. The molecule has 8 nitrogen and oxygen atoms in total. The lowest BCUT2D eigenvalue weighted by Crippen LogP contribution is -2.26. The summed E-state index contributed by atoms with van der Waals surface area (Å²) in [7, 11) is 1.55. The Morgan fingerprint density at radius 2 is 2.06 bits per heavy atom. The summed E-state index contributed by atoms with van der Waals surface area (Å²) in [5.41, 5.74) is 1.90. The fraction of sp³-hybridized carbons (Fsp3) is 0.174. The van der Waals surface area contributed by atoms with Crippen molar-refractivity contribution in [3.63, 3.8) is 0 Å². The molecule has 0 bridgehead atoms. The van der Waals surface area contributed by atoms with Crippen LogP contribution in [-0.4, -0.2) is 35.1 Å². The second-order valence-electron chi connectivity index (χ2n) is 7.09. The van der Waals surface area contributed by atoms with Gasteiger partial charge in [0.05, 0.1) is 24.1 Å². The lowest BCUT2D eigenvalue weighted by molar-refractivity contribution is -0.118. The minimum atomic E-state index is -0.192. The highest BCUT2D eigenvalue weighted by Gasteiger charge is 2.18. The van der Waals surface area contributed by atoms with E-state index in [-0.39, 0.29) is 24.0 Å². The van der Waals surface area contributed by atoms with Crippen LogP contribution in [0.25, 0.3) is 15.9 Å². The normalized spacial score (nSPS) is 12.2.